The summed E-state index contributed by atoms with van der Waals surface area (Å²) in [4.78, 5) is 19.5. The predicted molar refractivity (Wildman–Crippen MR) is 115 cm³/mol. The van der Waals surface area contributed by atoms with E-state index in [9.17, 15) is 23.1 Å². The normalized spacial score (nSPS) is 12.5. The van der Waals surface area contributed by atoms with Crippen molar-refractivity contribution in [1.82, 2.24) is 5.32 Å². The van der Waals surface area contributed by atoms with Crippen molar-refractivity contribution >= 4 is 19.2 Å². The summed E-state index contributed by atoms with van der Waals surface area (Å²) >= 11 is 5.98. The first kappa shape index (κ1) is 23.4. The molecule has 3 aromatic rings. The van der Waals surface area contributed by atoms with Crippen LogP contribution in [0.1, 0.15) is 22.5 Å². The van der Waals surface area contributed by atoms with E-state index in [4.69, 9.17) is 16.3 Å². The fourth-order valence-electron chi connectivity index (χ4n) is 3.05. The second-order valence-electron chi connectivity index (χ2n) is 6.88. The van der Waals surface area contributed by atoms with Crippen LogP contribution in [0.15, 0.2) is 66.7 Å². The molecule has 3 N–H and O–H groups in total. The topological polar surface area (TPSA) is 78.8 Å². The van der Waals surface area contributed by atoms with E-state index in [2.05, 4.69) is 5.32 Å². The summed E-state index contributed by atoms with van der Waals surface area (Å²) in [7, 11) is -4.51. The van der Waals surface area contributed by atoms with E-state index in [1.165, 1.54) is 36.4 Å². The van der Waals surface area contributed by atoms with Gasteiger partial charge in [-0.1, -0.05) is 41.9 Å². The van der Waals surface area contributed by atoms with Crippen LogP contribution in [0, 0.1) is 11.6 Å². The monoisotopic (exact) mass is 467 g/mol. The molecule has 0 bridgehead atoms. The second-order valence-corrected chi connectivity index (χ2v) is 8.99. The SMILES string of the molecule is O=P(O)(O)[C@H](NCCc1cccc(F)c1)c1ccc(OCc2c(F)cccc2Cl)cc1. The van der Waals surface area contributed by atoms with E-state index in [-0.39, 0.29) is 29.6 Å². The first-order valence-corrected chi connectivity index (χ1v) is 11.5. The Morgan fingerprint density at radius 2 is 1.74 bits per heavy atom. The third kappa shape index (κ3) is 6.60. The van der Waals surface area contributed by atoms with E-state index in [1.54, 1.807) is 30.3 Å². The minimum Gasteiger partial charge on any atom is -0.489 e. The third-order valence-corrected chi connectivity index (χ3v) is 6.12. The Bertz CT molecular complexity index is 1060. The van der Waals surface area contributed by atoms with Crippen LogP contribution in [-0.4, -0.2) is 16.3 Å². The smallest absolute Gasteiger partial charge is 0.346 e. The van der Waals surface area contributed by atoms with Crippen LogP contribution in [-0.2, 0) is 17.6 Å². The lowest BCUT2D eigenvalue weighted by Gasteiger charge is -2.21. The van der Waals surface area contributed by atoms with Gasteiger partial charge in [-0.2, -0.15) is 0 Å². The second kappa shape index (κ2) is 10.4. The molecule has 0 saturated heterocycles. The Balaban J connectivity index is 1.64. The van der Waals surface area contributed by atoms with Crippen molar-refractivity contribution in [2.45, 2.75) is 18.8 Å². The fourth-order valence-corrected chi connectivity index (χ4v) is 4.19. The standard InChI is InChI=1S/C22H21ClF2NO4P/c23-20-5-2-6-21(25)19(20)14-30-18-9-7-16(8-10-18)22(31(27,28)29)26-12-11-15-3-1-4-17(24)13-15/h1-10,13,22,26H,11-12,14H2,(H2,27,28,29)/t22-/m0/s1. The maximum absolute atomic E-state index is 13.8. The quantitative estimate of drug-likeness (QED) is 0.377. The van der Waals surface area contributed by atoms with Gasteiger partial charge in [-0.15, -0.1) is 0 Å². The number of rotatable bonds is 9. The number of nitrogens with one attached hydrogen (secondary N) is 1. The summed E-state index contributed by atoms with van der Waals surface area (Å²) < 4.78 is 44.6. The zero-order valence-corrected chi connectivity index (χ0v) is 18.0. The van der Waals surface area contributed by atoms with Crippen LogP contribution in [0.5, 0.6) is 5.75 Å². The van der Waals surface area contributed by atoms with Gasteiger partial charge in [0.2, 0.25) is 0 Å². The molecule has 3 rings (SSSR count). The van der Waals surface area contributed by atoms with Crippen LogP contribution < -0.4 is 10.1 Å². The number of hydrogen-bond donors (Lipinski definition) is 3. The van der Waals surface area contributed by atoms with Crippen LogP contribution in [0.3, 0.4) is 0 Å². The first-order chi connectivity index (χ1) is 14.7. The molecule has 0 spiro atoms. The van der Waals surface area contributed by atoms with Gasteiger partial charge >= 0.3 is 7.60 Å². The Hall–Kier alpha value is -2.28. The van der Waals surface area contributed by atoms with Gasteiger partial charge < -0.3 is 14.5 Å². The van der Waals surface area contributed by atoms with Gasteiger partial charge in [0.05, 0.1) is 5.02 Å². The summed E-state index contributed by atoms with van der Waals surface area (Å²) in [5, 5.41) is 3.09. The van der Waals surface area contributed by atoms with Gasteiger partial charge in [-0.05, 0) is 53.9 Å². The maximum Gasteiger partial charge on any atom is 0.346 e. The molecule has 0 unspecified atom stereocenters. The molecule has 0 fully saturated rings. The summed E-state index contributed by atoms with van der Waals surface area (Å²) in [5.74, 6) is -1.67. The molecule has 0 aliphatic heterocycles. The van der Waals surface area contributed by atoms with E-state index in [0.29, 0.717) is 23.3 Å². The highest BCUT2D eigenvalue weighted by Crippen LogP contribution is 2.50. The van der Waals surface area contributed by atoms with E-state index < -0.39 is 19.2 Å². The maximum atomic E-state index is 13.8. The number of benzene rings is 3. The summed E-state index contributed by atoms with van der Waals surface area (Å²) in [6, 6.07) is 16.5. The van der Waals surface area contributed by atoms with Gasteiger partial charge in [-0.25, -0.2) is 8.78 Å². The Morgan fingerprint density at radius 1 is 1.03 bits per heavy atom. The van der Waals surface area contributed by atoms with Crippen molar-refractivity contribution in [2.24, 2.45) is 0 Å². The molecule has 1 atom stereocenters. The fraction of sp³-hybridized carbons (Fsp3) is 0.182. The molecule has 164 valence electrons. The average molecular weight is 468 g/mol. The highest BCUT2D eigenvalue weighted by Gasteiger charge is 2.29. The van der Waals surface area contributed by atoms with Gasteiger partial charge in [-0.3, -0.25) is 9.88 Å². The average Bonchev–Trinajstić information content (AvgIpc) is 2.71. The molecule has 0 radical (unpaired) electrons. The number of ether oxygens (including phenoxy) is 1. The molecule has 0 aromatic heterocycles. The number of hydrogen-bond acceptors (Lipinski definition) is 3. The molecule has 3 aromatic carbocycles. The molecule has 0 amide bonds. The molecule has 0 aliphatic carbocycles. The van der Waals surface area contributed by atoms with Gasteiger partial charge in [0, 0.05) is 12.1 Å². The molecular weight excluding hydrogens is 447 g/mol. The molecule has 9 heteroatoms. The molecular formula is C22H21ClF2NO4P. The predicted octanol–water partition coefficient (Wildman–Crippen LogP) is 5.21. The minimum absolute atomic E-state index is 0.0847. The third-order valence-electron chi connectivity index (χ3n) is 4.62. The highest BCUT2D eigenvalue weighted by atomic mass is 35.5. The van der Waals surface area contributed by atoms with Crippen molar-refractivity contribution in [3.05, 3.63) is 100 Å². The van der Waals surface area contributed by atoms with Crippen molar-refractivity contribution in [3.8, 4) is 5.75 Å². The molecule has 0 saturated carbocycles. The lowest BCUT2D eigenvalue weighted by Crippen LogP contribution is -2.24. The van der Waals surface area contributed by atoms with E-state index in [0.717, 1.165) is 0 Å². The zero-order valence-electron chi connectivity index (χ0n) is 16.3. The highest BCUT2D eigenvalue weighted by molar-refractivity contribution is 7.52. The van der Waals surface area contributed by atoms with Crippen LogP contribution in [0.4, 0.5) is 8.78 Å². The van der Waals surface area contributed by atoms with Crippen molar-refractivity contribution in [2.75, 3.05) is 6.54 Å². The largest absolute Gasteiger partial charge is 0.489 e. The van der Waals surface area contributed by atoms with Gasteiger partial charge in [0.1, 0.15) is 29.8 Å². The Kier molecular flexibility index (Phi) is 7.81. The summed E-state index contributed by atoms with van der Waals surface area (Å²) in [5.41, 5.74) is 1.30. The Labute approximate surface area is 183 Å². The van der Waals surface area contributed by atoms with Crippen molar-refractivity contribution in [3.63, 3.8) is 0 Å². The van der Waals surface area contributed by atoms with Crippen LogP contribution in [0.2, 0.25) is 5.02 Å². The molecule has 0 aliphatic rings. The molecule has 31 heavy (non-hydrogen) atoms. The summed E-state index contributed by atoms with van der Waals surface area (Å²) in [6.45, 7) is 0.155. The molecule has 0 heterocycles. The lowest BCUT2D eigenvalue weighted by molar-refractivity contribution is 0.299. The van der Waals surface area contributed by atoms with E-state index >= 15 is 0 Å². The summed E-state index contributed by atoms with van der Waals surface area (Å²) in [6.07, 6.45) is 0.402. The van der Waals surface area contributed by atoms with Crippen molar-refractivity contribution < 1.29 is 27.9 Å². The lowest BCUT2D eigenvalue weighted by atomic mass is 10.1. The molecule has 5 nitrogen and oxygen atoms in total. The first-order valence-electron chi connectivity index (χ1n) is 9.43. The zero-order chi connectivity index (χ0) is 22.4. The number of halogens is 3. The Morgan fingerprint density at radius 3 is 2.39 bits per heavy atom. The van der Waals surface area contributed by atoms with Crippen LogP contribution >= 0.6 is 19.2 Å². The van der Waals surface area contributed by atoms with Gasteiger partial charge in [0.25, 0.3) is 0 Å². The van der Waals surface area contributed by atoms with E-state index in [1.807, 2.05) is 0 Å². The van der Waals surface area contributed by atoms with Crippen molar-refractivity contribution in [1.29, 1.82) is 0 Å². The minimum atomic E-state index is -4.51. The van der Waals surface area contributed by atoms with Crippen LogP contribution in [0.25, 0.3) is 0 Å². The van der Waals surface area contributed by atoms with Gasteiger partial charge in [0.15, 0.2) is 0 Å².